The molecule has 0 saturated carbocycles. The number of benzene rings is 1. The topological polar surface area (TPSA) is 44.0 Å². The predicted octanol–water partition coefficient (Wildman–Crippen LogP) is 2.85. The van der Waals surface area contributed by atoms with Crippen LogP contribution >= 0.6 is 0 Å². The average Bonchev–Trinajstić information content (AvgIpc) is 2.77. The van der Waals surface area contributed by atoms with Crippen molar-refractivity contribution in [2.24, 2.45) is 0 Å². The molecule has 0 amide bonds. The summed E-state index contributed by atoms with van der Waals surface area (Å²) in [6.07, 6.45) is 5.65. The molecule has 1 aromatic carbocycles. The lowest BCUT2D eigenvalue weighted by atomic mass is 10.1. The van der Waals surface area contributed by atoms with Crippen LogP contribution in [0.2, 0.25) is 0 Å². The van der Waals surface area contributed by atoms with E-state index in [1.54, 1.807) is 0 Å². The summed E-state index contributed by atoms with van der Waals surface area (Å²) >= 11 is 0. The van der Waals surface area contributed by atoms with Crippen LogP contribution in [0, 0.1) is 0 Å². The molecular weight excluding hydrogens is 236 g/mol. The van der Waals surface area contributed by atoms with Gasteiger partial charge in [-0.05, 0) is 50.6 Å². The number of hydrogen-bond acceptors (Lipinski definition) is 3. The Morgan fingerprint density at radius 1 is 1.37 bits per heavy atom. The van der Waals surface area contributed by atoms with Crippen LogP contribution in [-0.4, -0.2) is 40.8 Å². The summed E-state index contributed by atoms with van der Waals surface area (Å²) in [4.78, 5) is 2.54. The van der Waals surface area contributed by atoms with Crippen molar-refractivity contribution in [3.8, 4) is 0 Å². The number of aromatic nitrogens is 2. The second-order valence-electron chi connectivity index (χ2n) is 5.38. The summed E-state index contributed by atoms with van der Waals surface area (Å²) in [6.45, 7) is 5.88. The molecule has 2 heterocycles. The summed E-state index contributed by atoms with van der Waals surface area (Å²) in [7, 11) is 0. The maximum atomic E-state index is 4.07. The minimum atomic E-state index is 0.594. The Balaban J connectivity index is 1.66. The summed E-state index contributed by atoms with van der Waals surface area (Å²) in [6, 6.07) is 7.03. The zero-order chi connectivity index (χ0) is 13.1. The number of aromatic amines is 1. The average molecular weight is 258 g/mol. The summed E-state index contributed by atoms with van der Waals surface area (Å²) in [5.74, 6) is 0. The van der Waals surface area contributed by atoms with Gasteiger partial charge in [-0.2, -0.15) is 5.10 Å². The fourth-order valence-corrected chi connectivity index (χ4v) is 2.88. The van der Waals surface area contributed by atoms with Gasteiger partial charge in [-0.1, -0.05) is 6.92 Å². The molecule has 1 saturated heterocycles. The molecule has 102 valence electrons. The Hall–Kier alpha value is -1.55. The minimum Gasteiger partial charge on any atom is -0.382 e. The van der Waals surface area contributed by atoms with Gasteiger partial charge in [0.1, 0.15) is 0 Å². The van der Waals surface area contributed by atoms with Crippen molar-refractivity contribution in [2.75, 3.05) is 25.0 Å². The van der Waals surface area contributed by atoms with Gasteiger partial charge in [0.15, 0.2) is 0 Å². The molecule has 2 aromatic rings. The van der Waals surface area contributed by atoms with Gasteiger partial charge in [0.2, 0.25) is 0 Å². The molecule has 1 fully saturated rings. The van der Waals surface area contributed by atoms with Crippen LogP contribution in [0.5, 0.6) is 0 Å². The number of anilines is 1. The van der Waals surface area contributed by atoms with Crippen LogP contribution in [0.25, 0.3) is 10.9 Å². The molecule has 1 aliphatic heterocycles. The summed E-state index contributed by atoms with van der Waals surface area (Å²) < 4.78 is 0. The highest BCUT2D eigenvalue weighted by Crippen LogP contribution is 2.20. The Kier molecular flexibility index (Phi) is 3.69. The first-order valence-corrected chi connectivity index (χ1v) is 7.27. The second kappa shape index (κ2) is 5.61. The Morgan fingerprint density at radius 2 is 2.32 bits per heavy atom. The normalized spacial score (nSPS) is 21.4. The number of fused-ring (bicyclic) bond motifs is 1. The lowest BCUT2D eigenvalue weighted by molar-refractivity contribution is 0.300. The van der Waals surface area contributed by atoms with Crippen molar-refractivity contribution in [1.82, 2.24) is 15.1 Å². The van der Waals surface area contributed by atoms with Crippen LogP contribution in [0.3, 0.4) is 0 Å². The van der Waals surface area contributed by atoms with E-state index in [0.29, 0.717) is 6.04 Å². The van der Waals surface area contributed by atoms with Crippen molar-refractivity contribution in [3.63, 3.8) is 0 Å². The fraction of sp³-hybridized carbons (Fsp3) is 0.533. The number of rotatable bonds is 3. The van der Waals surface area contributed by atoms with Gasteiger partial charge in [-0.15, -0.1) is 0 Å². The predicted molar refractivity (Wildman–Crippen MR) is 79.5 cm³/mol. The van der Waals surface area contributed by atoms with E-state index in [0.717, 1.165) is 5.52 Å². The molecular formula is C15H22N4. The fourth-order valence-electron chi connectivity index (χ4n) is 2.88. The number of nitrogens with zero attached hydrogens (tertiary/aromatic N) is 2. The largest absolute Gasteiger partial charge is 0.382 e. The van der Waals surface area contributed by atoms with Gasteiger partial charge in [0.25, 0.3) is 0 Å². The van der Waals surface area contributed by atoms with E-state index in [2.05, 4.69) is 45.5 Å². The molecule has 1 atom stereocenters. The van der Waals surface area contributed by atoms with Gasteiger partial charge in [-0.3, -0.25) is 5.10 Å². The SMILES string of the molecule is CCN1CCCC(Nc2ccc3cn[nH]c3c2)CC1. The van der Waals surface area contributed by atoms with Gasteiger partial charge in [0, 0.05) is 23.7 Å². The molecule has 19 heavy (non-hydrogen) atoms. The van der Waals surface area contributed by atoms with Crippen LogP contribution in [0.4, 0.5) is 5.69 Å². The van der Waals surface area contributed by atoms with Crippen LogP contribution in [0.1, 0.15) is 26.2 Å². The molecule has 0 spiro atoms. The van der Waals surface area contributed by atoms with Crippen molar-refractivity contribution < 1.29 is 0 Å². The molecule has 1 aromatic heterocycles. The molecule has 0 bridgehead atoms. The zero-order valence-corrected chi connectivity index (χ0v) is 11.5. The van der Waals surface area contributed by atoms with Crippen molar-refractivity contribution >= 4 is 16.6 Å². The third-order valence-electron chi connectivity index (χ3n) is 4.08. The van der Waals surface area contributed by atoms with E-state index in [1.165, 1.54) is 50.0 Å². The Bertz CT molecular complexity index is 534. The number of likely N-dealkylation sites (tertiary alicyclic amines) is 1. The highest BCUT2D eigenvalue weighted by Gasteiger charge is 2.15. The van der Waals surface area contributed by atoms with E-state index >= 15 is 0 Å². The van der Waals surface area contributed by atoms with Crippen LogP contribution in [-0.2, 0) is 0 Å². The molecule has 0 aliphatic carbocycles. The van der Waals surface area contributed by atoms with E-state index < -0.39 is 0 Å². The van der Waals surface area contributed by atoms with Crippen molar-refractivity contribution in [1.29, 1.82) is 0 Å². The number of hydrogen-bond donors (Lipinski definition) is 2. The van der Waals surface area contributed by atoms with Crippen LogP contribution in [0.15, 0.2) is 24.4 Å². The van der Waals surface area contributed by atoms with E-state index in [4.69, 9.17) is 0 Å². The van der Waals surface area contributed by atoms with Gasteiger partial charge in [-0.25, -0.2) is 0 Å². The van der Waals surface area contributed by atoms with Gasteiger partial charge >= 0.3 is 0 Å². The highest BCUT2D eigenvalue weighted by atomic mass is 15.1. The number of nitrogens with one attached hydrogen (secondary N) is 2. The lowest BCUT2D eigenvalue weighted by Gasteiger charge is -2.19. The monoisotopic (exact) mass is 258 g/mol. The highest BCUT2D eigenvalue weighted by molar-refractivity contribution is 5.81. The molecule has 4 nitrogen and oxygen atoms in total. The van der Waals surface area contributed by atoms with Crippen LogP contribution < -0.4 is 5.32 Å². The first-order chi connectivity index (χ1) is 9.35. The zero-order valence-electron chi connectivity index (χ0n) is 11.5. The van der Waals surface area contributed by atoms with Crippen molar-refractivity contribution in [3.05, 3.63) is 24.4 Å². The third kappa shape index (κ3) is 2.89. The molecule has 1 aliphatic rings. The smallest absolute Gasteiger partial charge is 0.0670 e. The van der Waals surface area contributed by atoms with E-state index in [9.17, 15) is 0 Å². The quantitative estimate of drug-likeness (QED) is 0.889. The first kappa shape index (κ1) is 12.5. The molecule has 4 heteroatoms. The van der Waals surface area contributed by atoms with E-state index in [-0.39, 0.29) is 0 Å². The molecule has 1 unspecified atom stereocenters. The lowest BCUT2D eigenvalue weighted by Crippen LogP contribution is -2.26. The van der Waals surface area contributed by atoms with Crippen molar-refractivity contribution in [2.45, 2.75) is 32.2 Å². The third-order valence-corrected chi connectivity index (χ3v) is 4.08. The number of H-pyrrole nitrogens is 1. The minimum absolute atomic E-state index is 0.594. The van der Waals surface area contributed by atoms with E-state index in [1.807, 2.05) is 6.20 Å². The first-order valence-electron chi connectivity index (χ1n) is 7.27. The summed E-state index contributed by atoms with van der Waals surface area (Å²) in [5, 5.41) is 11.9. The van der Waals surface area contributed by atoms with Gasteiger partial charge < -0.3 is 10.2 Å². The summed E-state index contributed by atoms with van der Waals surface area (Å²) in [5.41, 5.74) is 2.31. The molecule has 2 N–H and O–H groups in total. The maximum absolute atomic E-state index is 4.07. The standard InChI is InChI=1S/C15H22N4/c1-2-19-8-3-4-13(7-9-19)17-14-6-5-12-11-16-18-15(12)10-14/h5-6,10-11,13,17H,2-4,7-9H2,1H3,(H,16,18). The second-order valence-corrected chi connectivity index (χ2v) is 5.38. The Morgan fingerprint density at radius 3 is 3.21 bits per heavy atom. The molecule has 0 radical (unpaired) electrons. The maximum Gasteiger partial charge on any atom is 0.0670 e. The molecule has 3 rings (SSSR count). The van der Waals surface area contributed by atoms with Gasteiger partial charge in [0.05, 0.1) is 11.7 Å². The Labute approximate surface area is 114 Å².